The highest BCUT2D eigenvalue weighted by Gasteiger charge is 2.27. The molecule has 0 aliphatic heterocycles. The summed E-state index contributed by atoms with van der Waals surface area (Å²) < 4.78 is 3.60. The zero-order chi connectivity index (χ0) is 21.4. The molecule has 7 heteroatoms. The zero-order valence-corrected chi connectivity index (χ0v) is 18.8. The molecule has 160 valence electrons. The lowest BCUT2D eigenvalue weighted by Gasteiger charge is -2.31. The molecular formula is C24H27N5OS. The number of thiophene rings is 1. The van der Waals surface area contributed by atoms with E-state index >= 15 is 0 Å². The van der Waals surface area contributed by atoms with Crippen LogP contribution in [0.25, 0.3) is 10.2 Å². The Morgan fingerprint density at radius 1 is 1.23 bits per heavy atom. The maximum Gasteiger partial charge on any atom is 0.262 e. The molecule has 3 heterocycles. The van der Waals surface area contributed by atoms with Crippen LogP contribution in [0.5, 0.6) is 0 Å². The summed E-state index contributed by atoms with van der Waals surface area (Å²) in [6.45, 7) is 1.58. The number of hydrogen-bond donors (Lipinski definition) is 0. The van der Waals surface area contributed by atoms with Crippen molar-refractivity contribution in [2.24, 2.45) is 7.05 Å². The van der Waals surface area contributed by atoms with Gasteiger partial charge in [0.05, 0.1) is 24.5 Å². The Morgan fingerprint density at radius 3 is 2.84 bits per heavy atom. The highest BCUT2D eigenvalue weighted by atomic mass is 32.1. The Balaban J connectivity index is 1.34. The fraction of sp³-hybridized carbons (Fsp3) is 0.375. The molecule has 0 saturated carbocycles. The second-order valence-electron chi connectivity index (χ2n) is 8.50. The molecule has 0 bridgehead atoms. The number of fused-ring (bicyclic) bond motifs is 3. The first-order chi connectivity index (χ1) is 15.1. The maximum atomic E-state index is 13.3. The minimum Gasteiger partial charge on any atom is -0.303 e. The summed E-state index contributed by atoms with van der Waals surface area (Å²) in [5.41, 5.74) is 3.72. The van der Waals surface area contributed by atoms with Gasteiger partial charge in [-0.3, -0.25) is 14.0 Å². The van der Waals surface area contributed by atoms with Crippen LogP contribution in [-0.4, -0.2) is 43.9 Å². The summed E-state index contributed by atoms with van der Waals surface area (Å²) >= 11 is 1.70. The summed E-state index contributed by atoms with van der Waals surface area (Å²) in [6, 6.07) is 10.6. The average Bonchev–Trinajstić information content (AvgIpc) is 3.37. The average molecular weight is 434 g/mol. The lowest BCUT2D eigenvalue weighted by molar-refractivity contribution is 0.226. The number of aryl methyl sites for hydroxylation is 2. The van der Waals surface area contributed by atoms with Gasteiger partial charge in [0, 0.05) is 30.7 Å². The lowest BCUT2D eigenvalue weighted by Crippen LogP contribution is -2.37. The highest BCUT2D eigenvalue weighted by molar-refractivity contribution is 7.18. The number of likely N-dealkylation sites (N-methyl/N-ethyl adjacent to an activating group) is 1. The van der Waals surface area contributed by atoms with Gasteiger partial charge in [0.1, 0.15) is 4.83 Å². The first kappa shape index (κ1) is 20.2. The van der Waals surface area contributed by atoms with Gasteiger partial charge in [0.25, 0.3) is 5.56 Å². The summed E-state index contributed by atoms with van der Waals surface area (Å²) in [6.07, 6.45) is 9.77. The van der Waals surface area contributed by atoms with Crippen molar-refractivity contribution in [3.05, 3.63) is 81.0 Å². The molecule has 0 amide bonds. The minimum absolute atomic E-state index is 0.0923. The van der Waals surface area contributed by atoms with Crippen LogP contribution in [0, 0.1) is 0 Å². The van der Waals surface area contributed by atoms with Gasteiger partial charge in [0.15, 0.2) is 0 Å². The largest absolute Gasteiger partial charge is 0.303 e. The van der Waals surface area contributed by atoms with E-state index in [9.17, 15) is 4.79 Å². The van der Waals surface area contributed by atoms with Gasteiger partial charge in [-0.05, 0) is 49.4 Å². The van der Waals surface area contributed by atoms with Crippen LogP contribution >= 0.6 is 11.3 Å². The minimum atomic E-state index is 0.0923. The first-order valence-corrected chi connectivity index (χ1v) is 11.6. The normalized spacial score (nSPS) is 16.2. The first-order valence-electron chi connectivity index (χ1n) is 10.8. The third kappa shape index (κ3) is 4.07. The predicted molar refractivity (Wildman–Crippen MR) is 125 cm³/mol. The van der Waals surface area contributed by atoms with Gasteiger partial charge in [-0.25, -0.2) is 4.98 Å². The van der Waals surface area contributed by atoms with E-state index in [2.05, 4.69) is 28.2 Å². The lowest BCUT2D eigenvalue weighted by atomic mass is 9.92. The van der Waals surface area contributed by atoms with Crippen LogP contribution in [0.3, 0.4) is 0 Å². The monoisotopic (exact) mass is 433 g/mol. The van der Waals surface area contributed by atoms with Gasteiger partial charge < -0.3 is 4.90 Å². The number of benzene rings is 1. The Bertz CT molecular complexity index is 1260. The van der Waals surface area contributed by atoms with Gasteiger partial charge in [-0.15, -0.1) is 11.3 Å². The Labute approximate surface area is 185 Å². The topological polar surface area (TPSA) is 56.0 Å². The molecule has 0 saturated heterocycles. The number of nitrogens with zero attached hydrogens (tertiary/aromatic N) is 5. The Morgan fingerprint density at radius 2 is 2.06 bits per heavy atom. The fourth-order valence-electron chi connectivity index (χ4n) is 4.54. The second kappa shape index (κ2) is 8.40. The van der Waals surface area contributed by atoms with E-state index in [0.717, 1.165) is 48.0 Å². The SMILES string of the molecule is CN(CCc1cnn(C)c1)[C@H]1CCc2c(sc3ncn(Cc4ccccc4)c(=O)c23)C1. The molecule has 0 unspecified atom stereocenters. The van der Waals surface area contributed by atoms with Crippen molar-refractivity contribution in [3.63, 3.8) is 0 Å². The van der Waals surface area contributed by atoms with Crippen LogP contribution in [-0.2, 0) is 32.9 Å². The molecular weight excluding hydrogens is 406 g/mol. The summed E-state index contributed by atoms with van der Waals surface area (Å²) in [4.78, 5) is 22.6. The van der Waals surface area contributed by atoms with Crippen molar-refractivity contribution < 1.29 is 0 Å². The van der Waals surface area contributed by atoms with Crippen molar-refractivity contribution in [1.82, 2.24) is 24.2 Å². The second-order valence-corrected chi connectivity index (χ2v) is 9.58. The van der Waals surface area contributed by atoms with Crippen molar-refractivity contribution in [2.75, 3.05) is 13.6 Å². The molecule has 6 nitrogen and oxygen atoms in total. The van der Waals surface area contributed by atoms with E-state index in [1.54, 1.807) is 22.2 Å². The van der Waals surface area contributed by atoms with Gasteiger partial charge in [-0.1, -0.05) is 30.3 Å². The Kier molecular flexibility index (Phi) is 5.46. The van der Waals surface area contributed by atoms with E-state index in [1.165, 1.54) is 16.0 Å². The van der Waals surface area contributed by atoms with E-state index < -0.39 is 0 Å². The van der Waals surface area contributed by atoms with E-state index in [-0.39, 0.29) is 5.56 Å². The predicted octanol–water partition coefficient (Wildman–Crippen LogP) is 3.27. The van der Waals surface area contributed by atoms with Crippen LogP contribution < -0.4 is 5.56 Å². The van der Waals surface area contributed by atoms with Crippen molar-refractivity contribution in [3.8, 4) is 0 Å². The standard InChI is InChI=1S/C24H27N5OS/c1-27(11-10-18-13-26-28(2)14-18)19-8-9-20-21(12-19)31-23-22(20)24(30)29(16-25-23)15-17-6-4-3-5-7-17/h3-7,13-14,16,19H,8-12,15H2,1-2H3/t19-/m0/s1. The molecule has 1 aromatic carbocycles. The molecule has 4 aromatic rings. The molecule has 0 fully saturated rings. The molecule has 5 rings (SSSR count). The van der Waals surface area contributed by atoms with E-state index in [4.69, 9.17) is 0 Å². The van der Waals surface area contributed by atoms with Crippen LogP contribution in [0.15, 0.2) is 53.8 Å². The van der Waals surface area contributed by atoms with Gasteiger partial charge in [-0.2, -0.15) is 5.10 Å². The quantitative estimate of drug-likeness (QED) is 0.468. The summed E-state index contributed by atoms with van der Waals surface area (Å²) in [5.74, 6) is 0. The van der Waals surface area contributed by atoms with Crippen molar-refractivity contribution >= 4 is 21.6 Å². The molecule has 1 aliphatic carbocycles. The summed E-state index contributed by atoms with van der Waals surface area (Å²) in [5, 5.41) is 5.11. The molecule has 31 heavy (non-hydrogen) atoms. The maximum absolute atomic E-state index is 13.3. The summed E-state index contributed by atoms with van der Waals surface area (Å²) in [7, 11) is 4.17. The van der Waals surface area contributed by atoms with Crippen molar-refractivity contribution in [2.45, 2.75) is 38.3 Å². The van der Waals surface area contributed by atoms with E-state index in [0.29, 0.717) is 12.6 Å². The molecule has 1 atom stereocenters. The third-order valence-electron chi connectivity index (χ3n) is 6.34. The van der Waals surface area contributed by atoms with Crippen LogP contribution in [0.4, 0.5) is 0 Å². The van der Waals surface area contributed by atoms with Crippen LogP contribution in [0.2, 0.25) is 0 Å². The molecule has 1 aliphatic rings. The number of aromatic nitrogens is 4. The highest BCUT2D eigenvalue weighted by Crippen LogP contribution is 2.34. The van der Waals surface area contributed by atoms with Gasteiger partial charge >= 0.3 is 0 Å². The van der Waals surface area contributed by atoms with Gasteiger partial charge in [0.2, 0.25) is 0 Å². The fourth-order valence-corrected chi connectivity index (χ4v) is 5.79. The number of hydrogen-bond acceptors (Lipinski definition) is 5. The van der Waals surface area contributed by atoms with Crippen molar-refractivity contribution in [1.29, 1.82) is 0 Å². The molecule has 0 N–H and O–H groups in total. The zero-order valence-electron chi connectivity index (χ0n) is 18.0. The molecule has 0 spiro atoms. The third-order valence-corrected chi connectivity index (χ3v) is 7.50. The van der Waals surface area contributed by atoms with Crippen LogP contribution in [0.1, 0.15) is 28.0 Å². The van der Waals surface area contributed by atoms with E-state index in [1.807, 2.05) is 48.3 Å². The molecule has 3 aromatic heterocycles. The number of rotatable bonds is 6. The Hall–Kier alpha value is -2.77. The molecule has 0 radical (unpaired) electrons. The smallest absolute Gasteiger partial charge is 0.262 e.